The summed E-state index contributed by atoms with van der Waals surface area (Å²) in [4.78, 5) is 20.6. The van der Waals surface area contributed by atoms with Gasteiger partial charge in [-0.25, -0.2) is 9.97 Å². The van der Waals surface area contributed by atoms with Crippen LogP contribution in [0, 0.1) is 0 Å². The number of aromatic nitrogens is 2. The van der Waals surface area contributed by atoms with Gasteiger partial charge in [-0.15, -0.1) is 0 Å². The minimum Gasteiger partial charge on any atom is -0.423 e. The van der Waals surface area contributed by atoms with E-state index in [9.17, 15) is 4.79 Å². The van der Waals surface area contributed by atoms with E-state index < -0.39 is 7.12 Å². The maximum absolute atomic E-state index is 11.3. The highest BCUT2D eigenvalue weighted by Crippen LogP contribution is 2.15. The van der Waals surface area contributed by atoms with Gasteiger partial charge in [-0.3, -0.25) is 9.69 Å². The molecule has 2 heterocycles. The predicted octanol–water partition coefficient (Wildman–Crippen LogP) is -1.72. The molecule has 0 unspecified atom stereocenters. The topological polar surface area (TPSA) is 86.6 Å². The van der Waals surface area contributed by atoms with Crippen LogP contribution >= 0.6 is 0 Å². The van der Waals surface area contributed by atoms with Gasteiger partial charge in [0, 0.05) is 30.8 Å². The highest BCUT2D eigenvalue weighted by Gasteiger charge is 2.24. The van der Waals surface area contributed by atoms with E-state index in [4.69, 9.17) is 10.0 Å². The molecule has 1 aromatic rings. The monoisotopic (exact) mass is 207 g/mol. The van der Waals surface area contributed by atoms with Crippen molar-refractivity contribution >= 4 is 24.4 Å². The van der Waals surface area contributed by atoms with Gasteiger partial charge >= 0.3 is 7.12 Å². The molecule has 0 aliphatic carbocycles. The lowest BCUT2D eigenvalue weighted by molar-refractivity contribution is -0.117. The van der Waals surface area contributed by atoms with Gasteiger partial charge in [-0.1, -0.05) is 0 Å². The Morgan fingerprint density at radius 3 is 2.47 bits per heavy atom. The lowest BCUT2D eigenvalue weighted by Crippen LogP contribution is -2.32. The van der Waals surface area contributed by atoms with E-state index in [0.717, 1.165) is 6.42 Å². The van der Waals surface area contributed by atoms with Crippen LogP contribution in [0.3, 0.4) is 0 Å². The van der Waals surface area contributed by atoms with E-state index in [2.05, 4.69) is 9.97 Å². The minimum atomic E-state index is -1.58. The molecule has 0 radical (unpaired) electrons. The summed E-state index contributed by atoms with van der Waals surface area (Å²) >= 11 is 0. The molecular formula is C8H10BN3O3. The van der Waals surface area contributed by atoms with Crippen molar-refractivity contribution in [2.24, 2.45) is 0 Å². The average molecular weight is 207 g/mol. The van der Waals surface area contributed by atoms with Crippen molar-refractivity contribution in [3.05, 3.63) is 12.4 Å². The lowest BCUT2D eigenvalue weighted by Gasteiger charge is -2.12. The van der Waals surface area contributed by atoms with Crippen molar-refractivity contribution in [3.8, 4) is 0 Å². The zero-order valence-electron chi connectivity index (χ0n) is 8.00. The number of rotatable bonds is 2. The molecule has 78 valence electrons. The molecular weight excluding hydrogens is 197 g/mol. The fourth-order valence-corrected chi connectivity index (χ4v) is 1.46. The van der Waals surface area contributed by atoms with Gasteiger partial charge in [-0.2, -0.15) is 0 Å². The van der Waals surface area contributed by atoms with E-state index >= 15 is 0 Å². The molecule has 1 saturated heterocycles. The smallest absolute Gasteiger partial charge is 0.423 e. The first-order valence-electron chi connectivity index (χ1n) is 4.67. The molecule has 15 heavy (non-hydrogen) atoms. The van der Waals surface area contributed by atoms with E-state index in [0.29, 0.717) is 18.9 Å². The summed E-state index contributed by atoms with van der Waals surface area (Å²) in [5.74, 6) is 0.328. The third-order valence-corrected chi connectivity index (χ3v) is 2.27. The molecule has 0 aromatic carbocycles. The quantitative estimate of drug-likeness (QED) is 0.563. The van der Waals surface area contributed by atoms with Crippen LogP contribution < -0.4 is 10.4 Å². The van der Waals surface area contributed by atoms with Crippen LogP contribution in [-0.2, 0) is 4.79 Å². The minimum absolute atomic E-state index is 0.00676. The number of hydrogen-bond acceptors (Lipinski definition) is 5. The van der Waals surface area contributed by atoms with Crippen LogP contribution in [0.1, 0.15) is 12.8 Å². The Hall–Kier alpha value is -1.47. The summed E-state index contributed by atoms with van der Waals surface area (Å²) in [6, 6.07) is 0. The Balaban J connectivity index is 2.19. The largest absolute Gasteiger partial charge is 0.491 e. The molecule has 1 aromatic heterocycles. The first-order chi connectivity index (χ1) is 7.18. The maximum atomic E-state index is 11.3. The van der Waals surface area contributed by atoms with Crippen LogP contribution in [0.5, 0.6) is 0 Å². The first kappa shape index (κ1) is 10.1. The van der Waals surface area contributed by atoms with Crippen molar-refractivity contribution in [1.82, 2.24) is 9.97 Å². The molecule has 1 amide bonds. The molecule has 0 bridgehead atoms. The molecule has 1 aliphatic heterocycles. The summed E-state index contributed by atoms with van der Waals surface area (Å²) in [7, 11) is -1.58. The highest BCUT2D eigenvalue weighted by molar-refractivity contribution is 6.58. The van der Waals surface area contributed by atoms with Crippen molar-refractivity contribution < 1.29 is 14.8 Å². The molecule has 0 spiro atoms. The van der Waals surface area contributed by atoms with Crippen molar-refractivity contribution in [3.63, 3.8) is 0 Å². The number of carbonyl (C=O) groups is 1. The number of carbonyl (C=O) groups excluding carboxylic acids is 1. The number of nitrogens with zero attached hydrogens (tertiary/aromatic N) is 3. The Labute approximate surface area is 86.7 Å². The van der Waals surface area contributed by atoms with Crippen molar-refractivity contribution in [2.45, 2.75) is 12.8 Å². The van der Waals surface area contributed by atoms with Gasteiger partial charge < -0.3 is 10.0 Å². The molecule has 2 N–H and O–H groups in total. The predicted molar refractivity (Wildman–Crippen MR) is 53.4 cm³/mol. The molecule has 6 nitrogen and oxygen atoms in total. The standard InChI is InChI=1S/C8H10BN3O3/c13-7-2-1-3-12(7)8-10-4-6(5-11-8)9(14)15/h4-5,14-15H,1-3H2. The molecule has 0 saturated carbocycles. The Morgan fingerprint density at radius 1 is 1.33 bits per heavy atom. The lowest BCUT2D eigenvalue weighted by atomic mass is 9.83. The SMILES string of the molecule is O=C1CCCN1c1ncc(B(O)O)cn1. The molecule has 0 atom stereocenters. The number of anilines is 1. The number of hydrogen-bond donors (Lipinski definition) is 2. The average Bonchev–Trinajstić information content (AvgIpc) is 2.65. The maximum Gasteiger partial charge on any atom is 0.491 e. The second kappa shape index (κ2) is 3.96. The van der Waals surface area contributed by atoms with Crippen LogP contribution in [0.15, 0.2) is 12.4 Å². The Bertz CT molecular complexity index is 368. The van der Waals surface area contributed by atoms with Crippen LogP contribution in [0.4, 0.5) is 5.95 Å². The van der Waals surface area contributed by atoms with E-state index in [1.807, 2.05) is 0 Å². The molecule has 1 fully saturated rings. The fraction of sp³-hybridized carbons (Fsp3) is 0.375. The van der Waals surface area contributed by atoms with E-state index in [1.165, 1.54) is 17.3 Å². The third-order valence-electron chi connectivity index (χ3n) is 2.27. The van der Waals surface area contributed by atoms with Crippen LogP contribution in [-0.4, -0.2) is 39.6 Å². The van der Waals surface area contributed by atoms with Gasteiger partial charge in [0.25, 0.3) is 0 Å². The van der Waals surface area contributed by atoms with Crippen LogP contribution in [0.25, 0.3) is 0 Å². The zero-order chi connectivity index (χ0) is 10.8. The van der Waals surface area contributed by atoms with Gasteiger partial charge in [0.05, 0.1) is 0 Å². The van der Waals surface area contributed by atoms with E-state index in [1.54, 1.807) is 0 Å². The summed E-state index contributed by atoms with van der Waals surface area (Å²) in [5.41, 5.74) is 0.213. The number of amides is 1. The summed E-state index contributed by atoms with van der Waals surface area (Å²) < 4.78 is 0. The fourth-order valence-electron chi connectivity index (χ4n) is 1.46. The zero-order valence-corrected chi connectivity index (χ0v) is 8.00. The van der Waals surface area contributed by atoms with Crippen molar-refractivity contribution in [2.75, 3.05) is 11.4 Å². The molecule has 7 heteroatoms. The van der Waals surface area contributed by atoms with Gasteiger partial charge in [0.2, 0.25) is 11.9 Å². The Morgan fingerprint density at radius 2 is 2.00 bits per heavy atom. The van der Waals surface area contributed by atoms with Crippen molar-refractivity contribution in [1.29, 1.82) is 0 Å². The van der Waals surface area contributed by atoms with Gasteiger partial charge in [0.15, 0.2) is 0 Å². The van der Waals surface area contributed by atoms with E-state index in [-0.39, 0.29) is 11.4 Å². The second-order valence-electron chi connectivity index (χ2n) is 3.34. The molecule has 1 aliphatic rings. The summed E-state index contributed by atoms with van der Waals surface area (Å²) in [6.07, 6.45) is 3.94. The third kappa shape index (κ3) is 1.98. The van der Waals surface area contributed by atoms with Crippen LogP contribution in [0.2, 0.25) is 0 Å². The summed E-state index contributed by atoms with van der Waals surface area (Å²) in [5, 5.41) is 17.7. The normalized spacial score (nSPS) is 15.9. The molecule has 2 rings (SSSR count). The van der Waals surface area contributed by atoms with Gasteiger partial charge in [0.1, 0.15) is 0 Å². The highest BCUT2D eigenvalue weighted by atomic mass is 16.4. The summed E-state index contributed by atoms with van der Waals surface area (Å²) in [6.45, 7) is 0.625. The first-order valence-corrected chi connectivity index (χ1v) is 4.67. The second-order valence-corrected chi connectivity index (χ2v) is 3.34. The Kier molecular flexibility index (Phi) is 2.65. The van der Waals surface area contributed by atoms with Gasteiger partial charge in [-0.05, 0) is 6.42 Å².